The third-order valence-electron chi connectivity index (χ3n) is 3.17. The largest absolute Gasteiger partial charge is 0.481 e. The van der Waals surface area contributed by atoms with Crippen LogP contribution in [0.1, 0.15) is 26.7 Å². The Kier molecular flexibility index (Phi) is 9.84. The Morgan fingerprint density at radius 3 is 1.92 bits per heavy atom. The van der Waals surface area contributed by atoms with Crippen molar-refractivity contribution < 1.29 is 39.3 Å². The van der Waals surface area contributed by atoms with E-state index in [0.717, 1.165) is 0 Å². The summed E-state index contributed by atoms with van der Waals surface area (Å²) in [4.78, 5) is 57.1. The molecule has 12 heteroatoms. The van der Waals surface area contributed by atoms with Crippen molar-refractivity contribution in [3.8, 4) is 0 Å². The number of nitrogens with one attached hydrogen (secondary N) is 3. The molecular weight excluding hydrogens is 352 g/mol. The van der Waals surface area contributed by atoms with E-state index in [0.29, 0.717) is 0 Å². The summed E-state index contributed by atoms with van der Waals surface area (Å²) in [6, 6.07) is -3.76. The Morgan fingerprint density at radius 1 is 0.923 bits per heavy atom. The van der Waals surface area contributed by atoms with E-state index in [1.165, 1.54) is 13.8 Å². The molecule has 26 heavy (non-hydrogen) atoms. The molecule has 0 heterocycles. The highest BCUT2D eigenvalue weighted by molar-refractivity contribution is 5.94. The van der Waals surface area contributed by atoms with Crippen molar-refractivity contribution in [2.45, 2.75) is 50.9 Å². The topological polar surface area (TPSA) is 208 Å². The molecule has 4 atom stereocenters. The Bertz CT molecular complexity index is 549. The van der Waals surface area contributed by atoms with E-state index in [4.69, 9.17) is 15.9 Å². The van der Waals surface area contributed by atoms with E-state index in [9.17, 15) is 29.1 Å². The standard InChI is InChI=1S/C14H24N4O8/c1-6(15)12(24)18-11(7(2)19)14(26)17-8(3-4-9(20)21)13(25)16-5-10(22)23/h6-8,11,19H,3-5,15H2,1-2H3,(H,16,25)(H,17,26)(H,18,24)(H,20,21)(H,22,23). The van der Waals surface area contributed by atoms with Crippen LogP contribution >= 0.6 is 0 Å². The summed E-state index contributed by atoms with van der Waals surface area (Å²) in [6.45, 7) is 1.86. The molecule has 0 saturated heterocycles. The van der Waals surface area contributed by atoms with E-state index >= 15 is 0 Å². The molecule has 12 nitrogen and oxygen atoms in total. The maximum absolute atomic E-state index is 12.3. The fourth-order valence-corrected chi connectivity index (χ4v) is 1.77. The van der Waals surface area contributed by atoms with Crippen LogP contribution in [-0.2, 0) is 24.0 Å². The van der Waals surface area contributed by atoms with Gasteiger partial charge in [0.1, 0.15) is 18.6 Å². The minimum absolute atomic E-state index is 0.319. The van der Waals surface area contributed by atoms with E-state index in [-0.39, 0.29) is 6.42 Å². The number of hydrogen-bond donors (Lipinski definition) is 7. The molecule has 0 rings (SSSR count). The summed E-state index contributed by atoms with van der Waals surface area (Å²) in [5, 5.41) is 33.4. The van der Waals surface area contributed by atoms with Gasteiger partial charge in [-0.15, -0.1) is 0 Å². The normalized spacial score (nSPS) is 15.1. The number of aliphatic hydroxyl groups is 1. The molecule has 0 aromatic rings. The second-order valence-corrected chi connectivity index (χ2v) is 5.62. The SMILES string of the molecule is CC(N)C(=O)NC(C(=O)NC(CCC(=O)O)C(=O)NCC(=O)O)C(C)O. The van der Waals surface area contributed by atoms with Crippen molar-refractivity contribution in [1.82, 2.24) is 16.0 Å². The van der Waals surface area contributed by atoms with Gasteiger partial charge in [-0.2, -0.15) is 0 Å². The zero-order valence-electron chi connectivity index (χ0n) is 14.4. The summed E-state index contributed by atoms with van der Waals surface area (Å²) < 4.78 is 0. The van der Waals surface area contributed by atoms with Crippen LogP contribution in [0.3, 0.4) is 0 Å². The quantitative estimate of drug-likeness (QED) is 0.193. The number of aliphatic hydroxyl groups excluding tert-OH is 1. The Hall–Kier alpha value is -2.73. The predicted molar refractivity (Wildman–Crippen MR) is 86.7 cm³/mol. The number of nitrogens with two attached hydrogens (primary N) is 1. The predicted octanol–water partition coefficient (Wildman–Crippen LogP) is -3.25. The number of carboxylic acids is 2. The fraction of sp³-hybridized carbons (Fsp3) is 0.643. The van der Waals surface area contributed by atoms with Gasteiger partial charge in [-0.3, -0.25) is 24.0 Å². The highest BCUT2D eigenvalue weighted by atomic mass is 16.4. The van der Waals surface area contributed by atoms with Crippen LogP contribution in [0.4, 0.5) is 0 Å². The number of carboxylic acid groups (broad SMARTS) is 2. The second-order valence-electron chi connectivity index (χ2n) is 5.62. The van der Waals surface area contributed by atoms with Crippen molar-refractivity contribution in [2.75, 3.05) is 6.54 Å². The number of amides is 3. The molecule has 0 radical (unpaired) electrons. The maximum Gasteiger partial charge on any atom is 0.322 e. The lowest BCUT2D eigenvalue weighted by Gasteiger charge is -2.25. The second kappa shape index (κ2) is 11.0. The molecule has 3 amide bonds. The molecular formula is C14H24N4O8. The average molecular weight is 376 g/mol. The first kappa shape index (κ1) is 23.3. The lowest BCUT2D eigenvalue weighted by Crippen LogP contribution is -2.58. The van der Waals surface area contributed by atoms with Gasteiger partial charge in [0.2, 0.25) is 17.7 Å². The fourth-order valence-electron chi connectivity index (χ4n) is 1.77. The third kappa shape index (κ3) is 8.94. The molecule has 148 valence electrons. The van der Waals surface area contributed by atoms with Crippen LogP contribution in [0.5, 0.6) is 0 Å². The maximum atomic E-state index is 12.3. The van der Waals surface area contributed by atoms with Crippen molar-refractivity contribution in [1.29, 1.82) is 0 Å². The van der Waals surface area contributed by atoms with Gasteiger partial charge in [0.25, 0.3) is 0 Å². The molecule has 4 unspecified atom stereocenters. The van der Waals surface area contributed by atoms with E-state index in [1.807, 2.05) is 5.32 Å². The molecule has 0 aromatic heterocycles. The van der Waals surface area contributed by atoms with Crippen LogP contribution in [-0.4, -0.2) is 75.8 Å². The van der Waals surface area contributed by atoms with Crippen molar-refractivity contribution in [3.05, 3.63) is 0 Å². The van der Waals surface area contributed by atoms with Gasteiger partial charge < -0.3 is 37.0 Å². The van der Waals surface area contributed by atoms with Gasteiger partial charge in [0.15, 0.2) is 0 Å². The van der Waals surface area contributed by atoms with Gasteiger partial charge in [0, 0.05) is 6.42 Å². The summed E-state index contributed by atoms with van der Waals surface area (Å²) in [6.07, 6.45) is -2.13. The summed E-state index contributed by atoms with van der Waals surface area (Å²) in [7, 11) is 0. The average Bonchev–Trinajstić information content (AvgIpc) is 2.52. The zero-order chi connectivity index (χ0) is 20.4. The monoisotopic (exact) mass is 376 g/mol. The molecule has 8 N–H and O–H groups in total. The van der Waals surface area contributed by atoms with Crippen molar-refractivity contribution >= 4 is 29.7 Å². The minimum atomic E-state index is -1.44. The molecule has 0 saturated carbocycles. The third-order valence-corrected chi connectivity index (χ3v) is 3.17. The molecule has 0 fully saturated rings. The van der Waals surface area contributed by atoms with Gasteiger partial charge in [-0.1, -0.05) is 0 Å². The van der Waals surface area contributed by atoms with Crippen LogP contribution in [0.25, 0.3) is 0 Å². The lowest BCUT2D eigenvalue weighted by atomic mass is 10.1. The molecule has 0 aromatic carbocycles. The first-order valence-electron chi connectivity index (χ1n) is 7.71. The van der Waals surface area contributed by atoms with Gasteiger partial charge in [0.05, 0.1) is 12.1 Å². The Labute approximate surface area is 149 Å². The first-order valence-corrected chi connectivity index (χ1v) is 7.71. The summed E-state index contributed by atoms with van der Waals surface area (Å²) >= 11 is 0. The van der Waals surface area contributed by atoms with Crippen molar-refractivity contribution in [3.63, 3.8) is 0 Å². The van der Waals surface area contributed by atoms with Crippen LogP contribution in [0.2, 0.25) is 0 Å². The summed E-state index contributed by atoms with van der Waals surface area (Å²) in [5.74, 6) is -5.14. The number of carbonyl (C=O) groups is 5. The van der Waals surface area contributed by atoms with Crippen molar-refractivity contribution in [2.24, 2.45) is 5.73 Å². The number of hydrogen-bond acceptors (Lipinski definition) is 7. The molecule has 0 spiro atoms. The first-order chi connectivity index (χ1) is 12.0. The van der Waals surface area contributed by atoms with Gasteiger partial charge >= 0.3 is 11.9 Å². The highest BCUT2D eigenvalue weighted by Gasteiger charge is 2.30. The van der Waals surface area contributed by atoms with Gasteiger partial charge in [-0.25, -0.2) is 0 Å². The van der Waals surface area contributed by atoms with E-state index in [1.54, 1.807) is 0 Å². The van der Waals surface area contributed by atoms with Crippen LogP contribution < -0.4 is 21.7 Å². The van der Waals surface area contributed by atoms with E-state index in [2.05, 4.69) is 10.6 Å². The van der Waals surface area contributed by atoms with E-state index < -0.39 is 66.9 Å². The smallest absolute Gasteiger partial charge is 0.322 e. The molecule has 0 aliphatic rings. The Balaban J connectivity index is 5.13. The lowest BCUT2D eigenvalue weighted by molar-refractivity contribution is -0.140. The molecule has 0 aliphatic carbocycles. The summed E-state index contributed by atoms with van der Waals surface area (Å²) in [5.41, 5.74) is 5.37. The minimum Gasteiger partial charge on any atom is -0.481 e. The van der Waals surface area contributed by atoms with Gasteiger partial charge in [-0.05, 0) is 20.3 Å². The highest BCUT2D eigenvalue weighted by Crippen LogP contribution is 2.02. The molecule has 0 bridgehead atoms. The Morgan fingerprint density at radius 2 is 1.50 bits per heavy atom. The zero-order valence-corrected chi connectivity index (χ0v) is 14.4. The number of carbonyl (C=O) groups excluding carboxylic acids is 3. The van der Waals surface area contributed by atoms with Crippen LogP contribution in [0.15, 0.2) is 0 Å². The molecule has 0 aliphatic heterocycles. The number of aliphatic carboxylic acids is 2. The van der Waals surface area contributed by atoms with Crippen LogP contribution in [0, 0.1) is 0 Å². The number of rotatable bonds is 11.